The Morgan fingerprint density at radius 1 is 1.28 bits per heavy atom. The largest absolute Gasteiger partial charge is 0.384 e. The summed E-state index contributed by atoms with van der Waals surface area (Å²) in [4.78, 5) is 8.27. The van der Waals surface area contributed by atoms with Gasteiger partial charge in [-0.15, -0.1) is 0 Å². The van der Waals surface area contributed by atoms with E-state index >= 15 is 0 Å². The van der Waals surface area contributed by atoms with Gasteiger partial charge in [-0.25, -0.2) is 14.6 Å². The molecule has 0 aliphatic heterocycles. The van der Waals surface area contributed by atoms with Gasteiger partial charge in [-0.05, 0) is 30.9 Å². The Morgan fingerprint density at radius 3 is 2.83 bits per heavy atom. The topological polar surface area (TPSA) is 55.6 Å². The van der Waals surface area contributed by atoms with Crippen LogP contribution in [0.2, 0.25) is 0 Å². The van der Waals surface area contributed by atoms with Crippen molar-refractivity contribution >= 4 is 5.69 Å². The fraction of sp³-hybridized carbons (Fsp3) is 0.462. The molecule has 1 saturated carbocycles. The van der Waals surface area contributed by atoms with Crippen LogP contribution in [0.3, 0.4) is 0 Å². The molecular formula is C13H17N5. The zero-order valence-electron chi connectivity index (χ0n) is 10.3. The number of nitrogens with zero attached hydrogens (tertiary/aromatic N) is 4. The third kappa shape index (κ3) is 2.50. The summed E-state index contributed by atoms with van der Waals surface area (Å²) in [6, 6.07) is 3.99. The molecule has 1 aliphatic carbocycles. The van der Waals surface area contributed by atoms with Crippen LogP contribution in [0.25, 0.3) is 5.82 Å². The summed E-state index contributed by atoms with van der Waals surface area (Å²) < 4.78 is 1.65. The summed E-state index contributed by atoms with van der Waals surface area (Å²) in [6.07, 6.45) is 10.5. The molecule has 2 aromatic heterocycles. The Labute approximate surface area is 106 Å². The van der Waals surface area contributed by atoms with Crippen LogP contribution in [0.4, 0.5) is 5.69 Å². The zero-order valence-corrected chi connectivity index (χ0v) is 10.3. The Bertz CT molecular complexity index is 471. The molecule has 0 radical (unpaired) electrons. The Balaban J connectivity index is 1.60. The fourth-order valence-electron chi connectivity index (χ4n) is 2.43. The lowest BCUT2D eigenvalue weighted by Gasteiger charge is -2.11. The third-order valence-corrected chi connectivity index (χ3v) is 3.47. The summed E-state index contributed by atoms with van der Waals surface area (Å²) in [6.45, 7) is 1.06. The standard InChI is InChI=1S/C13H17N5/c1-2-4-11(3-1)7-15-12-5-6-13(16-8-12)18-10-14-9-17-18/h5-6,8-11,15H,1-4,7H2. The Kier molecular flexibility index (Phi) is 3.21. The first-order valence-corrected chi connectivity index (χ1v) is 6.47. The van der Waals surface area contributed by atoms with Gasteiger partial charge in [-0.2, -0.15) is 5.10 Å². The van der Waals surface area contributed by atoms with Crippen LogP contribution >= 0.6 is 0 Å². The number of hydrogen-bond donors (Lipinski definition) is 1. The van der Waals surface area contributed by atoms with E-state index < -0.39 is 0 Å². The van der Waals surface area contributed by atoms with Crippen molar-refractivity contribution in [2.45, 2.75) is 25.7 Å². The van der Waals surface area contributed by atoms with Crippen molar-refractivity contribution in [3.05, 3.63) is 31.0 Å². The molecule has 1 aliphatic rings. The van der Waals surface area contributed by atoms with Gasteiger partial charge in [-0.1, -0.05) is 12.8 Å². The van der Waals surface area contributed by atoms with E-state index in [4.69, 9.17) is 0 Å². The minimum atomic E-state index is 0.791. The minimum absolute atomic E-state index is 0.791. The summed E-state index contributed by atoms with van der Waals surface area (Å²) in [5.41, 5.74) is 1.07. The normalized spacial score (nSPS) is 16.0. The van der Waals surface area contributed by atoms with Gasteiger partial charge >= 0.3 is 0 Å². The van der Waals surface area contributed by atoms with E-state index in [0.29, 0.717) is 0 Å². The molecule has 0 amide bonds. The number of anilines is 1. The second-order valence-electron chi connectivity index (χ2n) is 4.78. The number of aromatic nitrogens is 4. The molecule has 18 heavy (non-hydrogen) atoms. The molecule has 0 atom stereocenters. The van der Waals surface area contributed by atoms with Gasteiger partial charge in [-0.3, -0.25) is 0 Å². The predicted octanol–water partition coefficient (Wildman–Crippen LogP) is 2.26. The van der Waals surface area contributed by atoms with Crippen molar-refractivity contribution in [3.63, 3.8) is 0 Å². The molecule has 2 aromatic rings. The maximum atomic E-state index is 4.36. The van der Waals surface area contributed by atoms with Crippen molar-refractivity contribution in [1.29, 1.82) is 0 Å². The second kappa shape index (κ2) is 5.16. The van der Waals surface area contributed by atoms with Gasteiger partial charge in [0.2, 0.25) is 0 Å². The number of nitrogens with one attached hydrogen (secondary N) is 1. The van der Waals surface area contributed by atoms with Gasteiger partial charge < -0.3 is 5.32 Å². The molecule has 2 heterocycles. The van der Waals surface area contributed by atoms with Crippen LogP contribution in [0.5, 0.6) is 0 Å². The SMILES string of the molecule is c1ncn(-c2ccc(NCC3CCCC3)cn2)n1. The minimum Gasteiger partial charge on any atom is -0.384 e. The molecule has 0 saturated heterocycles. The first kappa shape index (κ1) is 11.2. The Hall–Kier alpha value is -1.91. The highest BCUT2D eigenvalue weighted by Gasteiger charge is 2.14. The molecule has 5 heteroatoms. The van der Waals surface area contributed by atoms with Crippen LogP contribution < -0.4 is 5.32 Å². The van der Waals surface area contributed by atoms with Crippen molar-refractivity contribution in [3.8, 4) is 5.82 Å². The van der Waals surface area contributed by atoms with E-state index in [9.17, 15) is 0 Å². The van der Waals surface area contributed by atoms with E-state index in [1.54, 1.807) is 11.0 Å². The highest BCUT2D eigenvalue weighted by atomic mass is 15.3. The van der Waals surface area contributed by atoms with Crippen LogP contribution in [0, 0.1) is 5.92 Å². The molecule has 0 unspecified atom stereocenters. The highest BCUT2D eigenvalue weighted by molar-refractivity contribution is 5.43. The molecule has 0 bridgehead atoms. The number of hydrogen-bond acceptors (Lipinski definition) is 4. The van der Waals surface area contributed by atoms with Gasteiger partial charge in [0.05, 0.1) is 11.9 Å². The van der Waals surface area contributed by atoms with Gasteiger partial charge in [0.1, 0.15) is 12.7 Å². The smallest absolute Gasteiger partial charge is 0.155 e. The summed E-state index contributed by atoms with van der Waals surface area (Å²) in [5.74, 6) is 1.62. The maximum Gasteiger partial charge on any atom is 0.155 e. The van der Waals surface area contributed by atoms with Crippen LogP contribution in [0.1, 0.15) is 25.7 Å². The molecule has 0 spiro atoms. The van der Waals surface area contributed by atoms with Gasteiger partial charge in [0, 0.05) is 6.54 Å². The lowest BCUT2D eigenvalue weighted by Crippen LogP contribution is -2.11. The van der Waals surface area contributed by atoms with Gasteiger partial charge in [0.25, 0.3) is 0 Å². The van der Waals surface area contributed by atoms with Crippen molar-refractivity contribution in [1.82, 2.24) is 19.7 Å². The predicted molar refractivity (Wildman–Crippen MR) is 69.6 cm³/mol. The first-order chi connectivity index (χ1) is 8.92. The molecule has 1 N–H and O–H groups in total. The van der Waals surface area contributed by atoms with E-state index in [0.717, 1.165) is 24.0 Å². The maximum absolute atomic E-state index is 4.36. The van der Waals surface area contributed by atoms with Crippen molar-refractivity contribution < 1.29 is 0 Å². The summed E-state index contributed by atoms with van der Waals surface area (Å²) >= 11 is 0. The first-order valence-electron chi connectivity index (χ1n) is 6.47. The molecular weight excluding hydrogens is 226 g/mol. The van der Waals surface area contributed by atoms with Crippen molar-refractivity contribution in [2.24, 2.45) is 5.92 Å². The van der Waals surface area contributed by atoms with Crippen LogP contribution in [-0.4, -0.2) is 26.3 Å². The monoisotopic (exact) mass is 243 g/mol. The van der Waals surface area contributed by atoms with E-state index in [1.165, 1.54) is 32.0 Å². The fourth-order valence-corrected chi connectivity index (χ4v) is 2.43. The van der Waals surface area contributed by atoms with E-state index in [-0.39, 0.29) is 0 Å². The van der Waals surface area contributed by atoms with Gasteiger partial charge in [0.15, 0.2) is 5.82 Å². The lowest BCUT2D eigenvalue weighted by molar-refractivity contribution is 0.580. The zero-order chi connectivity index (χ0) is 12.2. The number of rotatable bonds is 4. The second-order valence-corrected chi connectivity index (χ2v) is 4.78. The third-order valence-electron chi connectivity index (χ3n) is 3.47. The molecule has 3 rings (SSSR count). The van der Waals surface area contributed by atoms with Crippen LogP contribution in [-0.2, 0) is 0 Å². The quantitative estimate of drug-likeness (QED) is 0.895. The molecule has 5 nitrogen and oxygen atoms in total. The molecule has 94 valence electrons. The van der Waals surface area contributed by atoms with E-state index in [2.05, 4.69) is 20.4 Å². The van der Waals surface area contributed by atoms with E-state index in [1.807, 2.05) is 18.3 Å². The lowest BCUT2D eigenvalue weighted by atomic mass is 10.1. The summed E-state index contributed by atoms with van der Waals surface area (Å²) in [5, 5.41) is 7.50. The van der Waals surface area contributed by atoms with Crippen LogP contribution in [0.15, 0.2) is 31.0 Å². The molecule has 0 aromatic carbocycles. The number of pyridine rings is 1. The highest BCUT2D eigenvalue weighted by Crippen LogP contribution is 2.24. The Morgan fingerprint density at radius 2 is 2.17 bits per heavy atom. The molecule has 1 fully saturated rings. The van der Waals surface area contributed by atoms with Crippen molar-refractivity contribution in [2.75, 3.05) is 11.9 Å². The average Bonchev–Trinajstić information content (AvgIpc) is 3.10. The average molecular weight is 243 g/mol. The summed E-state index contributed by atoms with van der Waals surface area (Å²) in [7, 11) is 0.